The Morgan fingerprint density at radius 2 is 1.74 bits per heavy atom. The van der Waals surface area contributed by atoms with Crippen LogP contribution >= 0.6 is 0 Å². The van der Waals surface area contributed by atoms with E-state index in [1.165, 1.54) is 36.8 Å². The van der Waals surface area contributed by atoms with Crippen LogP contribution in [0, 0.1) is 34.5 Å². The molecule has 31 heavy (non-hydrogen) atoms. The van der Waals surface area contributed by atoms with Crippen LogP contribution in [0.2, 0.25) is 0 Å². The molecule has 1 aromatic carbocycles. The van der Waals surface area contributed by atoms with E-state index in [4.69, 9.17) is 0 Å². The zero-order chi connectivity index (χ0) is 22.0. The van der Waals surface area contributed by atoms with Gasteiger partial charge in [0.05, 0.1) is 6.10 Å². The van der Waals surface area contributed by atoms with Crippen molar-refractivity contribution >= 4 is 11.9 Å². The van der Waals surface area contributed by atoms with Crippen LogP contribution in [0.5, 0.6) is 0 Å². The minimum absolute atomic E-state index is 0.0897. The molecule has 0 heterocycles. The lowest BCUT2D eigenvalue weighted by Crippen LogP contribution is -2.54. The number of Topliss-reactive ketones (excluding diaryl/α,β-unsaturated/α-hetero) is 1. The fraction of sp³-hybridized carbons (Fsp3) is 0.690. The third kappa shape index (κ3) is 3.36. The fourth-order valence-corrected chi connectivity index (χ4v) is 8.21. The predicted molar refractivity (Wildman–Crippen MR) is 127 cm³/mol. The molecule has 1 aromatic rings. The molecule has 0 saturated heterocycles. The molecule has 4 fully saturated rings. The molecule has 0 aliphatic heterocycles. The first kappa shape index (κ1) is 21.4. The number of benzene rings is 1. The van der Waals surface area contributed by atoms with Gasteiger partial charge < -0.3 is 5.11 Å². The monoisotopic (exact) mass is 420 g/mol. The van der Waals surface area contributed by atoms with Crippen molar-refractivity contribution in [1.82, 2.24) is 0 Å². The first-order chi connectivity index (χ1) is 14.7. The van der Waals surface area contributed by atoms with E-state index in [1.54, 1.807) is 0 Å². The number of aliphatic hydroxyl groups is 1. The van der Waals surface area contributed by atoms with Crippen molar-refractivity contribution < 1.29 is 9.90 Å². The lowest BCUT2D eigenvalue weighted by atomic mass is 9.45. The summed E-state index contributed by atoms with van der Waals surface area (Å²) in [4.78, 5) is 13.6. The lowest BCUT2D eigenvalue weighted by Gasteiger charge is -2.59. The maximum Gasteiger partial charge on any atom is 0.165 e. The van der Waals surface area contributed by atoms with Crippen molar-refractivity contribution in [3.63, 3.8) is 0 Å². The molecule has 2 heteroatoms. The van der Waals surface area contributed by atoms with Crippen LogP contribution in [-0.2, 0) is 4.79 Å². The molecule has 0 aromatic heterocycles. The van der Waals surface area contributed by atoms with Crippen LogP contribution in [0.4, 0.5) is 0 Å². The highest BCUT2D eigenvalue weighted by Gasteiger charge is 2.61. The summed E-state index contributed by atoms with van der Waals surface area (Å²) in [6, 6.07) is 8.78. The number of fused-ring (bicyclic) bond motifs is 5. The number of aliphatic hydroxyl groups excluding tert-OH is 1. The first-order valence-electron chi connectivity index (χ1n) is 12.8. The molecule has 0 spiro atoms. The summed E-state index contributed by atoms with van der Waals surface area (Å²) in [6.45, 7) is 9.24. The van der Waals surface area contributed by atoms with Gasteiger partial charge in [-0.3, -0.25) is 4.79 Å². The maximum atomic E-state index is 13.6. The smallest absolute Gasteiger partial charge is 0.165 e. The van der Waals surface area contributed by atoms with Crippen LogP contribution in [0.25, 0.3) is 6.08 Å². The van der Waals surface area contributed by atoms with Gasteiger partial charge in [0.1, 0.15) is 0 Å². The zero-order valence-electron chi connectivity index (χ0n) is 19.9. The van der Waals surface area contributed by atoms with E-state index in [9.17, 15) is 9.90 Å². The highest BCUT2D eigenvalue weighted by molar-refractivity contribution is 6.05. The molecular formula is C29H40O2. The Labute approximate surface area is 188 Å². The summed E-state index contributed by atoms with van der Waals surface area (Å²) in [5, 5.41) is 10.3. The second kappa shape index (κ2) is 7.58. The molecule has 0 amide bonds. The Kier molecular flexibility index (Phi) is 5.24. The number of ketones is 1. The van der Waals surface area contributed by atoms with E-state index in [-0.39, 0.29) is 11.5 Å². The van der Waals surface area contributed by atoms with E-state index in [0.29, 0.717) is 34.9 Å². The summed E-state index contributed by atoms with van der Waals surface area (Å²) < 4.78 is 0. The summed E-state index contributed by atoms with van der Waals surface area (Å²) in [5.74, 6) is 3.54. The molecule has 5 rings (SSSR count). The Bertz CT molecular complexity index is 881. The molecule has 2 nitrogen and oxygen atoms in total. The van der Waals surface area contributed by atoms with Crippen LogP contribution in [0.1, 0.15) is 96.1 Å². The Hall–Kier alpha value is -1.41. The summed E-state index contributed by atoms with van der Waals surface area (Å²) in [5.41, 5.74) is 3.79. The van der Waals surface area contributed by atoms with Crippen molar-refractivity contribution in [1.29, 1.82) is 0 Å². The second-order valence-corrected chi connectivity index (χ2v) is 12.1. The van der Waals surface area contributed by atoms with Crippen LogP contribution < -0.4 is 0 Å². The second-order valence-electron chi connectivity index (χ2n) is 12.1. The number of hydrogen-bond donors (Lipinski definition) is 1. The van der Waals surface area contributed by atoms with Gasteiger partial charge in [0.15, 0.2) is 5.78 Å². The van der Waals surface area contributed by atoms with Gasteiger partial charge in [0, 0.05) is 5.41 Å². The van der Waals surface area contributed by atoms with E-state index < -0.39 is 0 Å². The fourth-order valence-electron chi connectivity index (χ4n) is 8.21. The number of carbonyl (C=O) groups excluding carboxylic acids is 1. The normalized spacial score (nSPS) is 43.6. The van der Waals surface area contributed by atoms with Gasteiger partial charge in [-0.25, -0.2) is 0 Å². The molecule has 0 radical (unpaired) electrons. The van der Waals surface area contributed by atoms with Crippen LogP contribution in [-0.4, -0.2) is 17.0 Å². The van der Waals surface area contributed by atoms with Gasteiger partial charge in [0.2, 0.25) is 0 Å². The third-order valence-corrected chi connectivity index (χ3v) is 10.2. The number of allylic oxidation sites excluding steroid dienone is 1. The van der Waals surface area contributed by atoms with E-state index in [0.717, 1.165) is 37.2 Å². The molecular weight excluding hydrogens is 380 g/mol. The first-order valence-corrected chi connectivity index (χ1v) is 12.8. The van der Waals surface area contributed by atoms with Crippen molar-refractivity contribution in [2.75, 3.05) is 0 Å². The van der Waals surface area contributed by atoms with Crippen molar-refractivity contribution in [2.24, 2.45) is 34.5 Å². The quantitative estimate of drug-likeness (QED) is 0.536. The van der Waals surface area contributed by atoms with Gasteiger partial charge in [-0.15, -0.1) is 0 Å². The Morgan fingerprint density at radius 3 is 2.45 bits per heavy atom. The predicted octanol–water partition coefficient (Wildman–Crippen LogP) is 6.78. The highest BCUT2D eigenvalue weighted by Crippen LogP contribution is 2.66. The maximum absolute atomic E-state index is 13.6. The molecule has 168 valence electrons. The van der Waals surface area contributed by atoms with Gasteiger partial charge in [-0.1, -0.05) is 52.0 Å². The number of rotatable bonds is 2. The summed E-state index contributed by atoms with van der Waals surface area (Å²) >= 11 is 0. The molecule has 4 saturated carbocycles. The average molecular weight is 421 g/mol. The minimum atomic E-state index is -0.164. The zero-order valence-corrected chi connectivity index (χ0v) is 19.9. The van der Waals surface area contributed by atoms with E-state index in [2.05, 4.69) is 58.0 Å². The van der Waals surface area contributed by atoms with Gasteiger partial charge >= 0.3 is 0 Å². The van der Waals surface area contributed by atoms with Gasteiger partial charge in [0.25, 0.3) is 0 Å². The van der Waals surface area contributed by atoms with Crippen LogP contribution in [0.15, 0.2) is 29.8 Å². The van der Waals surface area contributed by atoms with Gasteiger partial charge in [-0.2, -0.15) is 0 Å². The summed E-state index contributed by atoms with van der Waals surface area (Å²) in [7, 11) is 0. The highest BCUT2D eigenvalue weighted by atomic mass is 16.3. The summed E-state index contributed by atoms with van der Waals surface area (Å²) in [6.07, 6.45) is 10.9. The average Bonchev–Trinajstić information content (AvgIpc) is 2.99. The molecule has 7 unspecified atom stereocenters. The molecule has 4 aliphatic carbocycles. The Morgan fingerprint density at radius 1 is 1.00 bits per heavy atom. The molecule has 1 N–H and O–H groups in total. The topological polar surface area (TPSA) is 37.3 Å². The molecule has 7 atom stereocenters. The van der Waals surface area contributed by atoms with Crippen molar-refractivity contribution in [2.45, 2.75) is 91.1 Å². The Balaban J connectivity index is 1.41. The van der Waals surface area contributed by atoms with Crippen molar-refractivity contribution in [3.05, 3.63) is 41.0 Å². The minimum Gasteiger partial charge on any atom is -0.393 e. The SMILES string of the molecule is CC(C)c1ccc(/C=C2/CC3C4CCC5CC(O)CCC5(C)C4CCC3(C)C2=O)cc1. The van der Waals surface area contributed by atoms with Gasteiger partial charge in [-0.05, 0) is 109 Å². The number of carbonyl (C=O) groups is 1. The van der Waals surface area contributed by atoms with E-state index >= 15 is 0 Å². The standard InChI is InChI=1S/C29H40O2/c1-18(2)20-7-5-19(6-8-20)15-21-16-26-24-10-9-22-17-23(30)11-13-28(22,3)25(24)12-14-29(26,4)27(21)31/h5-8,15,18,22-26,30H,9-14,16-17H2,1-4H3/b21-15-. The molecule has 4 aliphatic rings. The number of hydrogen-bond acceptors (Lipinski definition) is 2. The molecule has 0 bridgehead atoms. The van der Waals surface area contributed by atoms with E-state index in [1.807, 2.05) is 0 Å². The lowest BCUT2D eigenvalue weighted by molar-refractivity contribution is -0.141. The van der Waals surface area contributed by atoms with Crippen molar-refractivity contribution in [3.8, 4) is 0 Å². The largest absolute Gasteiger partial charge is 0.393 e. The van der Waals surface area contributed by atoms with Crippen LogP contribution in [0.3, 0.4) is 0 Å². The third-order valence-electron chi connectivity index (χ3n) is 10.2.